The number of benzene rings is 2. The lowest BCUT2D eigenvalue weighted by Gasteiger charge is -2.13. The van der Waals surface area contributed by atoms with E-state index in [2.05, 4.69) is 0 Å². The smallest absolute Gasteiger partial charge is 0.414 e. The summed E-state index contributed by atoms with van der Waals surface area (Å²) in [6.45, 7) is 0.837. The summed E-state index contributed by atoms with van der Waals surface area (Å²) in [6, 6.07) is 13.5. The van der Waals surface area contributed by atoms with Crippen LogP contribution in [0.15, 0.2) is 54.6 Å². The summed E-state index contributed by atoms with van der Waals surface area (Å²) >= 11 is 0. The van der Waals surface area contributed by atoms with Crippen LogP contribution in [0.2, 0.25) is 0 Å². The molecule has 0 saturated carbocycles. The van der Waals surface area contributed by atoms with Crippen LogP contribution in [0, 0.1) is 0 Å². The van der Waals surface area contributed by atoms with Crippen molar-refractivity contribution in [1.29, 1.82) is 0 Å². The number of amides is 1. The highest BCUT2D eigenvalue weighted by Crippen LogP contribution is 2.20. The monoisotopic (exact) mass is 309 g/mol. The van der Waals surface area contributed by atoms with Gasteiger partial charge in [0, 0.05) is 11.3 Å². The van der Waals surface area contributed by atoms with E-state index in [1.807, 2.05) is 0 Å². The van der Waals surface area contributed by atoms with E-state index < -0.39 is 6.09 Å². The number of carbonyl (C=O) groups is 2. The van der Waals surface area contributed by atoms with Crippen molar-refractivity contribution in [2.24, 2.45) is 0 Å². The van der Waals surface area contributed by atoms with Gasteiger partial charge in [-0.25, -0.2) is 4.79 Å². The first-order valence-electron chi connectivity index (χ1n) is 7.19. The standard InChI is InChI=1S/C18H15NO4/c20-16-6-1-3-13(11-16)7-8-17(21)14-4-2-5-15(12-14)19-9-10-23-18(19)22/h1-8,11-12,20H,9-10H2. The van der Waals surface area contributed by atoms with Crippen LogP contribution >= 0.6 is 0 Å². The molecule has 23 heavy (non-hydrogen) atoms. The molecule has 0 atom stereocenters. The maximum atomic E-state index is 12.3. The minimum absolute atomic E-state index is 0.147. The van der Waals surface area contributed by atoms with E-state index in [1.165, 1.54) is 11.0 Å². The molecule has 116 valence electrons. The third-order valence-electron chi connectivity index (χ3n) is 3.50. The lowest BCUT2D eigenvalue weighted by Crippen LogP contribution is -2.23. The van der Waals surface area contributed by atoms with Gasteiger partial charge in [0.2, 0.25) is 0 Å². The molecule has 1 N–H and O–H groups in total. The summed E-state index contributed by atoms with van der Waals surface area (Å²) in [4.78, 5) is 25.3. The second-order valence-corrected chi connectivity index (χ2v) is 5.11. The number of phenolic OH excluding ortho intramolecular Hbond substituents is 1. The molecular weight excluding hydrogens is 294 g/mol. The van der Waals surface area contributed by atoms with Crippen LogP contribution in [-0.2, 0) is 4.74 Å². The van der Waals surface area contributed by atoms with Crippen molar-refractivity contribution in [1.82, 2.24) is 0 Å². The van der Waals surface area contributed by atoms with Crippen LogP contribution in [-0.4, -0.2) is 30.1 Å². The van der Waals surface area contributed by atoms with Gasteiger partial charge in [-0.05, 0) is 35.9 Å². The van der Waals surface area contributed by atoms with Crippen molar-refractivity contribution in [3.05, 3.63) is 65.7 Å². The fraction of sp³-hybridized carbons (Fsp3) is 0.111. The average Bonchev–Trinajstić information content (AvgIpc) is 2.99. The predicted molar refractivity (Wildman–Crippen MR) is 86.6 cm³/mol. The first-order chi connectivity index (χ1) is 11.1. The Hall–Kier alpha value is -3.08. The zero-order chi connectivity index (χ0) is 16.2. The Morgan fingerprint density at radius 1 is 1.17 bits per heavy atom. The molecule has 0 aliphatic carbocycles. The Labute approximate surface area is 133 Å². The quantitative estimate of drug-likeness (QED) is 0.695. The summed E-state index contributed by atoms with van der Waals surface area (Å²) in [5.74, 6) is -0.0306. The van der Waals surface area contributed by atoms with E-state index in [-0.39, 0.29) is 11.5 Å². The number of phenols is 1. The topological polar surface area (TPSA) is 66.8 Å². The maximum Gasteiger partial charge on any atom is 0.414 e. The lowest BCUT2D eigenvalue weighted by molar-refractivity contribution is 0.104. The molecule has 1 amide bonds. The molecule has 1 aliphatic heterocycles. The van der Waals surface area contributed by atoms with Crippen LogP contribution in [0.4, 0.5) is 10.5 Å². The Bertz CT molecular complexity index is 782. The van der Waals surface area contributed by atoms with Gasteiger partial charge in [0.25, 0.3) is 0 Å². The van der Waals surface area contributed by atoms with Gasteiger partial charge in [0.05, 0.1) is 6.54 Å². The van der Waals surface area contributed by atoms with Crippen LogP contribution < -0.4 is 4.90 Å². The van der Waals surface area contributed by atoms with E-state index in [0.29, 0.717) is 24.4 Å². The number of anilines is 1. The molecule has 0 spiro atoms. The van der Waals surface area contributed by atoms with Crippen molar-refractivity contribution in [2.45, 2.75) is 0 Å². The Morgan fingerprint density at radius 2 is 2.00 bits per heavy atom. The predicted octanol–water partition coefficient (Wildman–Crippen LogP) is 3.24. The van der Waals surface area contributed by atoms with Gasteiger partial charge in [0.1, 0.15) is 12.4 Å². The molecule has 5 nitrogen and oxygen atoms in total. The van der Waals surface area contributed by atoms with E-state index >= 15 is 0 Å². The normalized spacial score (nSPS) is 14.3. The minimum Gasteiger partial charge on any atom is -0.508 e. The molecule has 3 rings (SSSR count). The molecule has 0 aromatic heterocycles. The van der Waals surface area contributed by atoms with Crippen molar-refractivity contribution >= 4 is 23.6 Å². The van der Waals surface area contributed by atoms with Gasteiger partial charge in [-0.3, -0.25) is 9.69 Å². The average molecular weight is 309 g/mol. The highest BCUT2D eigenvalue weighted by molar-refractivity contribution is 6.07. The first kappa shape index (κ1) is 14.8. The Morgan fingerprint density at radius 3 is 2.74 bits per heavy atom. The first-order valence-corrected chi connectivity index (χ1v) is 7.19. The SMILES string of the molecule is O=C(C=Cc1cccc(O)c1)c1cccc(N2CCOC2=O)c1. The summed E-state index contributed by atoms with van der Waals surface area (Å²) in [7, 11) is 0. The molecule has 0 bridgehead atoms. The van der Waals surface area contributed by atoms with Crippen molar-refractivity contribution in [3.8, 4) is 5.75 Å². The van der Waals surface area contributed by atoms with Crippen molar-refractivity contribution in [3.63, 3.8) is 0 Å². The van der Waals surface area contributed by atoms with Gasteiger partial charge in [-0.2, -0.15) is 0 Å². The summed E-state index contributed by atoms with van der Waals surface area (Å²) in [5, 5.41) is 9.41. The number of hydrogen-bond acceptors (Lipinski definition) is 4. The fourth-order valence-electron chi connectivity index (χ4n) is 2.35. The van der Waals surface area contributed by atoms with Gasteiger partial charge in [-0.15, -0.1) is 0 Å². The van der Waals surface area contributed by atoms with Gasteiger partial charge in [0.15, 0.2) is 5.78 Å². The van der Waals surface area contributed by atoms with Crippen LogP contribution in [0.3, 0.4) is 0 Å². The van der Waals surface area contributed by atoms with Gasteiger partial charge < -0.3 is 9.84 Å². The summed E-state index contributed by atoms with van der Waals surface area (Å²) < 4.78 is 4.90. The van der Waals surface area contributed by atoms with Crippen LogP contribution in [0.5, 0.6) is 5.75 Å². The second-order valence-electron chi connectivity index (χ2n) is 5.11. The fourth-order valence-corrected chi connectivity index (χ4v) is 2.35. The molecule has 0 radical (unpaired) electrons. The molecule has 1 aliphatic rings. The third-order valence-corrected chi connectivity index (χ3v) is 3.50. The Kier molecular flexibility index (Phi) is 4.10. The van der Waals surface area contributed by atoms with E-state index in [4.69, 9.17) is 4.74 Å². The molecular formula is C18H15NO4. The number of ether oxygens (including phenoxy) is 1. The summed E-state index contributed by atoms with van der Waals surface area (Å²) in [6.07, 6.45) is 2.68. The molecule has 1 heterocycles. The Balaban J connectivity index is 1.78. The zero-order valence-corrected chi connectivity index (χ0v) is 12.3. The van der Waals surface area contributed by atoms with E-state index in [9.17, 15) is 14.7 Å². The number of carbonyl (C=O) groups excluding carboxylic acids is 2. The minimum atomic E-state index is -0.398. The van der Waals surface area contributed by atoms with Crippen molar-refractivity contribution in [2.75, 3.05) is 18.1 Å². The van der Waals surface area contributed by atoms with E-state index in [0.717, 1.165) is 5.56 Å². The molecule has 5 heteroatoms. The summed E-state index contributed by atoms with van der Waals surface area (Å²) in [5.41, 5.74) is 1.86. The van der Waals surface area contributed by atoms with Gasteiger partial charge >= 0.3 is 6.09 Å². The third kappa shape index (κ3) is 3.40. The molecule has 1 fully saturated rings. The number of ketones is 1. The maximum absolute atomic E-state index is 12.3. The lowest BCUT2D eigenvalue weighted by atomic mass is 10.1. The largest absolute Gasteiger partial charge is 0.508 e. The highest BCUT2D eigenvalue weighted by Gasteiger charge is 2.23. The molecule has 0 unspecified atom stereocenters. The molecule has 2 aromatic rings. The number of cyclic esters (lactones) is 1. The van der Waals surface area contributed by atoms with Crippen LogP contribution in [0.25, 0.3) is 6.08 Å². The molecule has 1 saturated heterocycles. The van der Waals surface area contributed by atoms with Crippen molar-refractivity contribution < 1.29 is 19.4 Å². The number of aromatic hydroxyl groups is 1. The highest BCUT2D eigenvalue weighted by atomic mass is 16.6. The molecule has 2 aromatic carbocycles. The zero-order valence-electron chi connectivity index (χ0n) is 12.3. The number of allylic oxidation sites excluding steroid dienone is 1. The number of hydrogen-bond donors (Lipinski definition) is 1. The van der Waals surface area contributed by atoms with Crippen LogP contribution in [0.1, 0.15) is 15.9 Å². The van der Waals surface area contributed by atoms with Gasteiger partial charge in [-0.1, -0.05) is 30.3 Å². The second kappa shape index (κ2) is 6.36. The number of rotatable bonds is 4. The number of nitrogens with zero attached hydrogens (tertiary/aromatic N) is 1. The van der Waals surface area contributed by atoms with E-state index in [1.54, 1.807) is 54.6 Å².